The van der Waals surface area contributed by atoms with E-state index in [2.05, 4.69) is 5.32 Å². The average molecular weight is 279 g/mol. The molecule has 1 N–H and O–H groups in total. The van der Waals surface area contributed by atoms with Crippen LogP contribution in [-0.2, 0) is 4.79 Å². The quantitative estimate of drug-likeness (QED) is 0.780. The molecule has 0 unspecified atom stereocenters. The number of likely N-dealkylation sites (N-methyl/N-ethyl adjacent to an activating group) is 1. The Bertz CT molecular complexity index is 483. The van der Waals surface area contributed by atoms with Crippen LogP contribution in [0.15, 0.2) is 24.3 Å². The second-order valence-electron chi connectivity index (χ2n) is 5.06. The summed E-state index contributed by atoms with van der Waals surface area (Å²) in [6.07, 6.45) is 2.89. The molecule has 1 atom stereocenters. The summed E-state index contributed by atoms with van der Waals surface area (Å²) < 4.78 is 19.3. The summed E-state index contributed by atoms with van der Waals surface area (Å²) >= 11 is 0. The van der Waals surface area contributed by atoms with Gasteiger partial charge in [0.1, 0.15) is 17.7 Å². The number of benzene rings is 1. The molecule has 1 aromatic carbocycles. The first-order valence-electron chi connectivity index (χ1n) is 6.76. The summed E-state index contributed by atoms with van der Waals surface area (Å²) in [4.78, 5) is 11.5. The molecule has 0 fully saturated rings. The molecule has 0 radical (unpaired) electrons. The molecule has 110 valence electrons. The number of carbonyl (C=O) groups is 1. The maximum absolute atomic E-state index is 13.7. The third-order valence-corrected chi connectivity index (χ3v) is 2.79. The van der Waals surface area contributed by atoms with Crippen LogP contribution in [0.1, 0.15) is 26.3 Å². The summed E-state index contributed by atoms with van der Waals surface area (Å²) in [5.41, 5.74) is 0.355. The Morgan fingerprint density at radius 3 is 2.70 bits per heavy atom. The van der Waals surface area contributed by atoms with Gasteiger partial charge < -0.3 is 10.1 Å². The number of halogens is 1. The number of nitrogens with one attached hydrogen (secondary N) is 1. The predicted molar refractivity (Wildman–Crippen MR) is 79.3 cm³/mol. The molecule has 0 spiro atoms. The van der Waals surface area contributed by atoms with Crippen LogP contribution in [0.4, 0.5) is 4.39 Å². The Balaban J connectivity index is 2.84. The zero-order valence-electron chi connectivity index (χ0n) is 12.4. The maximum atomic E-state index is 13.7. The lowest BCUT2D eigenvalue weighted by Gasteiger charge is -2.14. The van der Waals surface area contributed by atoms with Gasteiger partial charge in [-0.05, 0) is 44.3 Å². The van der Waals surface area contributed by atoms with Gasteiger partial charge in [0.05, 0.1) is 0 Å². The average Bonchev–Trinajstić information content (AvgIpc) is 2.39. The summed E-state index contributed by atoms with van der Waals surface area (Å²) in [7, 11) is 1.84. The van der Waals surface area contributed by atoms with Crippen molar-refractivity contribution in [3.8, 4) is 5.75 Å². The lowest BCUT2D eigenvalue weighted by molar-refractivity contribution is -0.117. The van der Waals surface area contributed by atoms with Crippen LogP contribution < -0.4 is 10.1 Å². The van der Waals surface area contributed by atoms with Gasteiger partial charge >= 0.3 is 0 Å². The van der Waals surface area contributed by atoms with E-state index in [0.717, 1.165) is 0 Å². The third kappa shape index (κ3) is 5.13. The van der Waals surface area contributed by atoms with Crippen molar-refractivity contribution in [1.82, 2.24) is 5.32 Å². The van der Waals surface area contributed by atoms with Crippen LogP contribution in [-0.4, -0.2) is 25.5 Å². The van der Waals surface area contributed by atoms with Crippen molar-refractivity contribution in [2.75, 3.05) is 13.6 Å². The van der Waals surface area contributed by atoms with Crippen LogP contribution in [0, 0.1) is 11.7 Å². The molecule has 0 aliphatic carbocycles. The van der Waals surface area contributed by atoms with Crippen molar-refractivity contribution < 1.29 is 13.9 Å². The van der Waals surface area contributed by atoms with Crippen molar-refractivity contribution in [2.24, 2.45) is 5.92 Å². The van der Waals surface area contributed by atoms with E-state index < -0.39 is 0 Å². The lowest BCUT2D eigenvalue weighted by Crippen LogP contribution is -2.26. The Morgan fingerprint density at radius 2 is 2.10 bits per heavy atom. The first kappa shape index (κ1) is 16.4. The van der Waals surface area contributed by atoms with Gasteiger partial charge in [0.2, 0.25) is 0 Å². The summed E-state index contributed by atoms with van der Waals surface area (Å²) in [6.45, 7) is 6.25. The van der Waals surface area contributed by atoms with Gasteiger partial charge in [-0.15, -0.1) is 0 Å². The van der Waals surface area contributed by atoms with Crippen molar-refractivity contribution in [3.63, 3.8) is 0 Å². The van der Waals surface area contributed by atoms with E-state index in [4.69, 9.17) is 4.74 Å². The van der Waals surface area contributed by atoms with Crippen molar-refractivity contribution >= 4 is 11.9 Å². The smallest absolute Gasteiger partial charge is 0.158 e. The third-order valence-electron chi connectivity index (χ3n) is 2.79. The van der Waals surface area contributed by atoms with E-state index in [-0.39, 0.29) is 23.6 Å². The van der Waals surface area contributed by atoms with Crippen molar-refractivity contribution in [3.05, 3.63) is 35.7 Å². The van der Waals surface area contributed by atoms with Gasteiger partial charge in [0.15, 0.2) is 5.78 Å². The fraction of sp³-hybridized carbons (Fsp3) is 0.438. The van der Waals surface area contributed by atoms with E-state index in [1.807, 2.05) is 27.8 Å². The number of ether oxygens (including phenoxy) is 1. The van der Waals surface area contributed by atoms with Gasteiger partial charge in [-0.25, -0.2) is 4.39 Å². The first-order chi connectivity index (χ1) is 9.43. The van der Waals surface area contributed by atoms with Gasteiger partial charge in [-0.1, -0.05) is 13.8 Å². The molecular formula is C16H22FNO2. The molecule has 20 heavy (non-hydrogen) atoms. The lowest BCUT2D eigenvalue weighted by atomic mass is 10.1. The maximum Gasteiger partial charge on any atom is 0.158 e. The van der Waals surface area contributed by atoms with Crippen molar-refractivity contribution in [2.45, 2.75) is 26.9 Å². The molecule has 0 saturated heterocycles. The van der Waals surface area contributed by atoms with E-state index in [1.54, 1.807) is 12.1 Å². The minimum absolute atomic E-state index is 0.0143. The number of ketones is 1. The molecule has 4 heteroatoms. The minimum atomic E-state index is -0.369. The molecule has 1 rings (SSSR count). The monoisotopic (exact) mass is 279 g/mol. The number of allylic oxidation sites excluding steroid dienone is 1. The fourth-order valence-corrected chi connectivity index (χ4v) is 1.65. The first-order valence-corrected chi connectivity index (χ1v) is 6.76. The molecule has 1 aromatic rings. The Hall–Kier alpha value is -1.68. The predicted octanol–water partition coefficient (Wildman–Crippen LogP) is 3.05. The van der Waals surface area contributed by atoms with Crippen molar-refractivity contribution in [1.29, 1.82) is 0 Å². The van der Waals surface area contributed by atoms with Gasteiger partial charge in [-0.3, -0.25) is 4.79 Å². The van der Waals surface area contributed by atoms with Crippen LogP contribution in [0.3, 0.4) is 0 Å². The van der Waals surface area contributed by atoms with E-state index >= 15 is 0 Å². The summed E-state index contributed by atoms with van der Waals surface area (Å²) in [5.74, 6) is 0.0980. The second-order valence-corrected chi connectivity index (χ2v) is 5.06. The summed E-state index contributed by atoms with van der Waals surface area (Å²) in [6, 6.07) is 4.54. The van der Waals surface area contributed by atoms with E-state index in [1.165, 1.54) is 18.2 Å². The minimum Gasteiger partial charge on any atom is -0.489 e. The largest absolute Gasteiger partial charge is 0.489 e. The molecular weight excluding hydrogens is 257 g/mol. The summed E-state index contributed by atoms with van der Waals surface area (Å²) in [5, 5.41) is 3.01. The highest BCUT2D eigenvalue weighted by Gasteiger charge is 2.07. The fourth-order valence-electron chi connectivity index (χ4n) is 1.65. The molecule has 3 nitrogen and oxygen atoms in total. The number of rotatable bonds is 7. The highest BCUT2D eigenvalue weighted by Crippen LogP contribution is 2.19. The Labute approximate surface area is 119 Å². The molecule has 0 aliphatic heterocycles. The molecule has 0 saturated carbocycles. The van der Waals surface area contributed by atoms with Crippen LogP contribution in [0.5, 0.6) is 5.75 Å². The zero-order valence-corrected chi connectivity index (χ0v) is 12.4. The van der Waals surface area contributed by atoms with Crippen LogP contribution >= 0.6 is 0 Å². The van der Waals surface area contributed by atoms with Gasteiger partial charge in [0, 0.05) is 18.0 Å². The number of carbonyl (C=O) groups excluding carboxylic acids is 1. The molecule has 0 heterocycles. The zero-order chi connectivity index (χ0) is 15.1. The van der Waals surface area contributed by atoms with Gasteiger partial charge in [-0.2, -0.15) is 0 Å². The Kier molecular flexibility index (Phi) is 6.39. The molecule has 0 amide bonds. The second kappa shape index (κ2) is 7.80. The number of hydrogen-bond donors (Lipinski definition) is 1. The highest BCUT2D eigenvalue weighted by atomic mass is 19.1. The molecule has 0 aliphatic rings. The van der Waals surface area contributed by atoms with Crippen LogP contribution in [0.2, 0.25) is 0 Å². The topological polar surface area (TPSA) is 38.3 Å². The highest BCUT2D eigenvalue weighted by molar-refractivity contribution is 5.94. The standard InChI is InChI=1S/C16H22FNO2/c1-11(2)16(19)8-5-13-9-14(6-7-15(13)17)20-12(3)10-18-4/h5-9,11-12,18H,10H2,1-4H3/b8-5+/t12-/m1/s1. The Morgan fingerprint density at radius 1 is 1.40 bits per heavy atom. The van der Waals surface area contributed by atoms with Crippen LogP contribution in [0.25, 0.3) is 6.08 Å². The van der Waals surface area contributed by atoms with Gasteiger partial charge in [0.25, 0.3) is 0 Å². The van der Waals surface area contributed by atoms with E-state index in [9.17, 15) is 9.18 Å². The normalized spacial score (nSPS) is 12.9. The number of hydrogen-bond acceptors (Lipinski definition) is 3. The molecule has 0 aromatic heterocycles. The molecule has 0 bridgehead atoms. The van der Waals surface area contributed by atoms with E-state index in [0.29, 0.717) is 17.9 Å². The SMILES string of the molecule is CNC[C@@H](C)Oc1ccc(F)c(/C=C/C(=O)C(C)C)c1.